The largest absolute Gasteiger partial charge is 0.352 e. The highest BCUT2D eigenvalue weighted by Crippen LogP contribution is 2.11. The molecule has 5 N–H and O–H groups in total. The normalized spacial score (nSPS) is 10.4. The van der Waals surface area contributed by atoms with Crippen LogP contribution in [0.25, 0.3) is 0 Å². The lowest BCUT2D eigenvalue weighted by Crippen LogP contribution is -2.26. The molecular formula is C14H20N6O. The lowest BCUT2D eigenvalue weighted by Gasteiger charge is -2.08. The molecule has 0 bridgehead atoms. The van der Waals surface area contributed by atoms with Crippen molar-refractivity contribution in [2.75, 3.05) is 12.0 Å². The third kappa shape index (κ3) is 4.28. The number of nitrogens with zero attached hydrogens (tertiary/aromatic N) is 2. The topological polar surface area (TPSA) is 109 Å². The average Bonchev–Trinajstić information content (AvgIpc) is 3.00. The lowest BCUT2D eigenvalue weighted by molar-refractivity contribution is 0.0954. The molecule has 0 aromatic carbocycles. The van der Waals surface area contributed by atoms with Crippen LogP contribution in [0.3, 0.4) is 0 Å². The van der Waals surface area contributed by atoms with Crippen LogP contribution in [0.15, 0.2) is 24.7 Å². The number of pyridine rings is 1. The Balaban J connectivity index is 1.98. The number of hydrogen-bond donors (Lipinski definition) is 4. The molecule has 0 saturated heterocycles. The maximum absolute atomic E-state index is 12.2. The number of amides is 1. The minimum Gasteiger partial charge on any atom is -0.352 e. The molecule has 21 heavy (non-hydrogen) atoms. The van der Waals surface area contributed by atoms with Crippen LogP contribution in [0, 0.1) is 0 Å². The Morgan fingerprint density at radius 2 is 2.24 bits per heavy atom. The van der Waals surface area contributed by atoms with E-state index in [0.29, 0.717) is 24.3 Å². The first-order chi connectivity index (χ1) is 10.2. The van der Waals surface area contributed by atoms with Gasteiger partial charge in [0.15, 0.2) is 0 Å². The van der Waals surface area contributed by atoms with Gasteiger partial charge in [-0.2, -0.15) is 0 Å². The van der Waals surface area contributed by atoms with Gasteiger partial charge in [-0.25, -0.2) is 15.8 Å². The van der Waals surface area contributed by atoms with Crippen molar-refractivity contribution in [3.05, 3.63) is 41.6 Å². The fraction of sp³-hybridized carbons (Fsp3) is 0.357. The first kappa shape index (κ1) is 15.0. The summed E-state index contributed by atoms with van der Waals surface area (Å²) < 4.78 is 0. The summed E-state index contributed by atoms with van der Waals surface area (Å²) in [6.07, 6.45) is 5.84. The number of imidazole rings is 1. The number of nitrogens with two attached hydrogens (primary N) is 1. The summed E-state index contributed by atoms with van der Waals surface area (Å²) in [5.41, 5.74) is 4.90. The van der Waals surface area contributed by atoms with Crippen LogP contribution in [0.4, 0.5) is 5.82 Å². The number of hydrogen-bond acceptors (Lipinski definition) is 5. The fourth-order valence-corrected chi connectivity index (χ4v) is 2.01. The molecule has 0 unspecified atom stereocenters. The van der Waals surface area contributed by atoms with Crippen molar-refractivity contribution in [3.63, 3.8) is 0 Å². The Bertz CT molecular complexity index is 581. The number of hydrazine groups is 1. The van der Waals surface area contributed by atoms with E-state index in [4.69, 9.17) is 5.84 Å². The van der Waals surface area contributed by atoms with Gasteiger partial charge >= 0.3 is 0 Å². The van der Waals surface area contributed by atoms with Crippen molar-refractivity contribution in [3.8, 4) is 0 Å². The zero-order valence-electron chi connectivity index (χ0n) is 12.0. The van der Waals surface area contributed by atoms with Gasteiger partial charge in [0.05, 0.1) is 6.33 Å². The van der Waals surface area contributed by atoms with Gasteiger partial charge in [-0.1, -0.05) is 13.3 Å². The molecule has 7 heteroatoms. The molecule has 2 heterocycles. The molecule has 0 radical (unpaired) electrons. The van der Waals surface area contributed by atoms with Gasteiger partial charge in [0, 0.05) is 36.1 Å². The lowest BCUT2D eigenvalue weighted by atomic mass is 10.1. The molecule has 2 aromatic rings. The van der Waals surface area contributed by atoms with Gasteiger partial charge in [-0.15, -0.1) is 0 Å². The number of nitrogen functional groups attached to an aromatic ring is 1. The molecule has 0 aliphatic rings. The van der Waals surface area contributed by atoms with Gasteiger partial charge in [-0.3, -0.25) is 4.79 Å². The van der Waals surface area contributed by atoms with Crippen molar-refractivity contribution in [2.45, 2.75) is 26.2 Å². The Hall–Kier alpha value is -2.41. The summed E-state index contributed by atoms with van der Waals surface area (Å²) in [5, 5.41) is 2.87. The zero-order valence-corrected chi connectivity index (χ0v) is 12.0. The summed E-state index contributed by atoms with van der Waals surface area (Å²) >= 11 is 0. The zero-order chi connectivity index (χ0) is 15.1. The highest BCUT2D eigenvalue weighted by Gasteiger charge is 2.09. The molecule has 0 spiro atoms. The first-order valence-electron chi connectivity index (χ1n) is 6.96. The van der Waals surface area contributed by atoms with Crippen LogP contribution in [-0.2, 0) is 12.8 Å². The van der Waals surface area contributed by atoms with E-state index in [1.807, 2.05) is 0 Å². The number of aromatic amines is 1. The Labute approximate surface area is 123 Å². The van der Waals surface area contributed by atoms with Gasteiger partial charge in [0.25, 0.3) is 5.91 Å². The van der Waals surface area contributed by atoms with Crippen LogP contribution in [0.1, 0.15) is 35.1 Å². The Morgan fingerprint density at radius 3 is 2.90 bits per heavy atom. The van der Waals surface area contributed by atoms with E-state index in [-0.39, 0.29) is 5.91 Å². The van der Waals surface area contributed by atoms with Gasteiger partial charge < -0.3 is 15.7 Å². The van der Waals surface area contributed by atoms with E-state index < -0.39 is 0 Å². The maximum atomic E-state index is 12.2. The van der Waals surface area contributed by atoms with Crippen molar-refractivity contribution < 1.29 is 4.79 Å². The van der Waals surface area contributed by atoms with Crippen LogP contribution in [-0.4, -0.2) is 27.4 Å². The minimum absolute atomic E-state index is 0.134. The second-order valence-electron chi connectivity index (χ2n) is 4.71. The van der Waals surface area contributed by atoms with Crippen molar-refractivity contribution >= 4 is 11.7 Å². The second kappa shape index (κ2) is 7.39. The summed E-state index contributed by atoms with van der Waals surface area (Å²) in [4.78, 5) is 23.4. The SMILES string of the molecule is CCCc1cc(C(=O)NCCc2cnc[nH]2)cc(NN)n1. The molecule has 2 rings (SSSR count). The molecule has 0 fully saturated rings. The number of rotatable bonds is 7. The minimum atomic E-state index is -0.134. The number of carbonyl (C=O) groups is 1. The number of aryl methyl sites for hydroxylation is 1. The van der Waals surface area contributed by atoms with E-state index >= 15 is 0 Å². The monoisotopic (exact) mass is 288 g/mol. The van der Waals surface area contributed by atoms with E-state index in [0.717, 1.165) is 24.2 Å². The number of aromatic nitrogens is 3. The number of carbonyl (C=O) groups excluding carboxylic acids is 1. The molecule has 0 saturated carbocycles. The van der Waals surface area contributed by atoms with Gasteiger partial charge in [0.1, 0.15) is 5.82 Å². The summed E-state index contributed by atoms with van der Waals surface area (Å²) in [6.45, 7) is 2.60. The average molecular weight is 288 g/mol. The molecule has 0 atom stereocenters. The molecular weight excluding hydrogens is 268 g/mol. The summed E-state index contributed by atoms with van der Waals surface area (Å²) in [7, 11) is 0. The number of nitrogens with one attached hydrogen (secondary N) is 3. The third-order valence-electron chi connectivity index (χ3n) is 3.03. The quantitative estimate of drug-likeness (QED) is 0.449. The van der Waals surface area contributed by atoms with Crippen molar-refractivity contribution in [1.82, 2.24) is 20.3 Å². The molecule has 112 valence electrons. The molecule has 0 aliphatic heterocycles. The predicted molar refractivity (Wildman–Crippen MR) is 80.7 cm³/mol. The van der Waals surface area contributed by atoms with Crippen LogP contribution >= 0.6 is 0 Å². The number of anilines is 1. The smallest absolute Gasteiger partial charge is 0.251 e. The Kier molecular flexibility index (Phi) is 5.28. The molecule has 7 nitrogen and oxygen atoms in total. The number of H-pyrrole nitrogens is 1. The molecule has 2 aromatic heterocycles. The second-order valence-corrected chi connectivity index (χ2v) is 4.71. The third-order valence-corrected chi connectivity index (χ3v) is 3.03. The highest BCUT2D eigenvalue weighted by atomic mass is 16.1. The molecule has 1 amide bonds. The predicted octanol–water partition coefficient (Wildman–Crippen LogP) is 1.02. The maximum Gasteiger partial charge on any atom is 0.251 e. The van der Waals surface area contributed by atoms with Crippen LogP contribution in [0.5, 0.6) is 0 Å². The summed E-state index contributed by atoms with van der Waals surface area (Å²) in [6, 6.07) is 3.45. The van der Waals surface area contributed by atoms with Crippen molar-refractivity contribution in [2.24, 2.45) is 5.84 Å². The highest BCUT2D eigenvalue weighted by molar-refractivity contribution is 5.95. The van der Waals surface area contributed by atoms with Crippen LogP contribution in [0.2, 0.25) is 0 Å². The van der Waals surface area contributed by atoms with Crippen LogP contribution < -0.4 is 16.6 Å². The Morgan fingerprint density at radius 1 is 1.38 bits per heavy atom. The van der Waals surface area contributed by atoms with E-state index in [2.05, 4.69) is 32.6 Å². The fourth-order valence-electron chi connectivity index (χ4n) is 2.01. The van der Waals surface area contributed by atoms with Gasteiger partial charge in [0.2, 0.25) is 0 Å². The van der Waals surface area contributed by atoms with Crippen molar-refractivity contribution in [1.29, 1.82) is 0 Å². The first-order valence-corrected chi connectivity index (χ1v) is 6.96. The van der Waals surface area contributed by atoms with E-state index in [1.54, 1.807) is 24.7 Å². The van der Waals surface area contributed by atoms with E-state index in [9.17, 15) is 4.79 Å². The summed E-state index contributed by atoms with van der Waals surface area (Å²) in [5.74, 6) is 5.76. The van der Waals surface area contributed by atoms with Gasteiger partial charge in [-0.05, 0) is 18.6 Å². The molecule has 0 aliphatic carbocycles. The van der Waals surface area contributed by atoms with E-state index in [1.165, 1.54) is 0 Å². The standard InChI is InChI=1S/C14H20N6O/c1-2-3-11-6-10(7-13(19-11)20-15)14(21)17-5-4-12-8-16-9-18-12/h6-9H,2-5,15H2,1H3,(H,16,18)(H,17,21)(H,19,20).